The molecule has 0 heterocycles. The number of ether oxygens (including phenoxy) is 1. The second-order valence-electron chi connectivity index (χ2n) is 1.96. The maximum atomic E-state index is 10.5. The summed E-state index contributed by atoms with van der Waals surface area (Å²) in [5.41, 5.74) is 6.69. The van der Waals surface area contributed by atoms with Crippen molar-refractivity contribution in [1.82, 2.24) is 11.1 Å². The maximum Gasteiger partial charge on any atom is 0.407 e. The van der Waals surface area contributed by atoms with E-state index in [1.807, 2.05) is 0 Å². The Hall–Kier alpha value is -1.26. The molecule has 0 aromatic rings. The van der Waals surface area contributed by atoms with Gasteiger partial charge in [0, 0.05) is 0 Å². The first-order valence-corrected chi connectivity index (χ1v) is 3.21. The molecule has 1 radical (unpaired) electrons. The molecule has 0 fully saturated rings. The van der Waals surface area contributed by atoms with E-state index in [1.165, 1.54) is 7.11 Å². The Kier molecular flexibility index (Phi) is 4.02. The molecule has 0 aliphatic heterocycles. The molecule has 0 aliphatic carbocycles. The molecule has 11 heavy (non-hydrogen) atoms. The van der Waals surface area contributed by atoms with Crippen molar-refractivity contribution in [3.05, 3.63) is 0 Å². The Morgan fingerprint density at radius 2 is 2.18 bits per heavy atom. The highest BCUT2D eigenvalue weighted by atomic mass is 16.5. The molecule has 63 valence electrons. The predicted molar refractivity (Wildman–Crippen MR) is 37.7 cm³/mol. The fourth-order valence-electron chi connectivity index (χ4n) is 0.554. The average molecular weight is 159 g/mol. The van der Waals surface area contributed by atoms with E-state index < -0.39 is 18.0 Å². The zero-order valence-corrected chi connectivity index (χ0v) is 6.51. The van der Waals surface area contributed by atoms with Gasteiger partial charge in [-0.25, -0.2) is 4.79 Å². The van der Waals surface area contributed by atoms with Crippen molar-refractivity contribution in [2.75, 3.05) is 7.11 Å². The summed E-state index contributed by atoms with van der Waals surface area (Å²) in [6.45, 7) is 1.70. The highest BCUT2D eigenvalue weighted by Gasteiger charge is 2.15. The van der Waals surface area contributed by atoms with Crippen LogP contribution in [0.4, 0.5) is 4.79 Å². The van der Waals surface area contributed by atoms with E-state index in [-0.39, 0.29) is 0 Å². The second-order valence-corrected chi connectivity index (χ2v) is 1.96. The van der Waals surface area contributed by atoms with Crippen LogP contribution in [0.3, 0.4) is 0 Å². The Bertz CT molecular complexity index is 158. The molecule has 0 saturated heterocycles. The van der Waals surface area contributed by atoms with Crippen LogP contribution in [0.15, 0.2) is 0 Å². The summed E-state index contributed by atoms with van der Waals surface area (Å²) in [6.07, 6.45) is -0.283. The molecular formula is C6H11N2O3. The van der Waals surface area contributed by atoms with Gasteiger partial charge in [0.2, 0.25) is 0 Å². The quantitative estimate of drug-likeness (QED) is 0.626. The lowest BCUT2D eigenvalue weighted by Crippen LogP contribution is -2.40. The second kappa shape index (κ2) is 4.54. The van der Waals surface area contributed by atoms with E-state index in [0.29, 0.717) is 6.42 Å². The van der Waals surface area contributed by atoms with Gasteiger partial charge in [-0.1, -0.05) is 6.92 Å². The summed E-state index contributed by atoms with van der Waals surface area (Å²) in [7, 11) is 1.20. The first-order chi connectivity index (χ1) is 5.11. The Labute approximate surface area is 64.9 Å². The van der Waals surface area contributed by atoms with Gasteiger partial charge in [0.15, 0.2) is 0 Å². The van der Waals surface area contributed by atoms with Crippen molar-refractivity contribution >= 4 is 12.0 Å². The number of amides is 2. The molecule has 1 unspecified atom stereocenters. The van der Waals surface area contributed by atoms with Crippen LogP contribution in [0, 0.1) is 0 Å². The number of carbonyl (C=O) groups is 2. The van der Waals surface area contributed by atoms with Crippen LogP contribution in [0.2, 0.25) is 0 Å². The minimum atomic E-state index is -0.807. The van der Waals surface area contributed by atoms with E-state index in [4.69, 9.17) is 5.73 Å². The van der Waals surface area contributed by atoms with Crippen LogP contribution in [0.25, 0.3) is 0 Å². The van der Waals surface area contributed by atoms with Crippen LogP contribution in [0.1, 0.15) is 13.3 Å². The van der Waals surface area contributed by atoms with E-state index in [0.717, 1.165) is 0 Å². The van der Waals surface area contributed by atoms with Gasteiger partial charge in [-0.2, -0.15) is 0 Å². The topological polar surface area (TPSA) is 79.2 Å². The maximum absolute atomic E-state index is 10.5. The number of methoxy groups -OCH3 is 1. The fraction of sp³-hybridized carbons (Fsp3) is 0.667. The van der Waals surface area contributed by atoms with Crippen molar-refractivity contribution in [3.63, 3.8) is 0 Å². The van der Waals surface area contributed by atoms with Gasteiger partial charge >= 0.3 is 6.09 Å². The normalized spacial score (nSPS) is 11.8. The van der Waals surface area contributed by atoms with E-state index >= 15 is 0 Å². The molecule has 2 N–H and O–H groups in total. The van der Waals surface area contributed by atoms with Crippen LogP contribution in [-0.4, -0.2) is 25.2 Å². The molecular weight excluding hydrogens is 148 g/mol. The number of hydrogen-bond donors (Lipinski definition) is 1. The van der Waals surface area contributed by atoms with Gasteiger partial charge < -0.3 is 10.1 Å². The van der Waals surface area contributed by atoms with E-state index in [9.17, 15) is 9.59 Å². The lowest BCUT2D eigenvalue weighted by atomic mass is 10.2. The van der Waals surface area contributed by atoms with Gasteiger partial charge in [0.1, 0.15) is 6.04 Å². The van der Waals surface area contributed by atoms with Gasteiger partial charge in [-0.3, -0.25) is 10.5 Å². The highest BCUT2D eigenvalue weighted by Crippen LogP contribution is 1.90. The number of nitrogens with one attached hydrogen (secondary N) is 2. The highest BCUT2D eigenvalue weighted by molar-refractivity contribution is 5.83. The summed E-state index contributed by atoms with van der Waals surface area (Å²) >= 11 is 0. The average Bonchev–Trinajstić information content (AvgIpc) is 1.99. The SMILES string of the molecule is CCC(NC(=O)OC)C([NH])=O. The fourth-order valence-corrected chi connectivity index (χ4v) is 0.554. The first-order valence-electron chi connectivity index (χ1n) is 3.21. The van der Waals surface area contributed by atoms with Crippen molar-refractivity contribution in [3.8, 4) is 0 Å². The third kappa shape index (κ3) is 3.44. The number of hydrogen-bond acceptors (Lipinski definition) is 3. The Morgan fingerprint density at radius 1 is 1.64 bits per heavy atom. The summed E-state index contributed by atoms with van der Waals surface area (Å²) < 4.78 is 4.25. The Balaban J connectivity index is 3.88. The van der Waals surface area contributed by atoms with Crippen molar-refractivity contribution < 1.29 is 14.3 Å². The van der Waals surface area contributed by atoms with Gasteiger partial charge in [0.25, 0.3) is 5.91 Å². The molecule has 0 saturated carbocycles. The predicted octanol–water partition coefficient (Wildman–Crippen LogP) is -0.0695. The molecule has 5 heteroatoms. The lowest BCUT2D eigenvalue weighted by Gasteiger charge is -2.10. The van der Waals surface area contributed by atoms with Crippen LogP contribution in [0.5, 0.6) is 0 Å². The van der Waals surface area contributed by atoms with E-state index in [1.54, 1.807) is 6.92 Å². The van der Waals surface area contributed by atoms with Gasteiger partial charge in [-0.15, -0.1) is 0 Å². The Morgan fingerprint density at radius 3 is 2.45 bits per heavy atom. The number of carbonyl (C=O) groups excluding carboxylic acids is 2. The third-order valence-electron chi connectivity index (χ3n) is 1.20. The standard InChI is InChI=1S/C6H11N2O3/c1-3-4(5(7)9)8-6(10)11-2/h4,7H,3H2,1-2H3,(H,8,10). The van der Waals surface area contributed by atoms with Crippen LogP contribution in [-0.2, 0) is 9.53 Å². The molecule has 1 atom stereocenters. The molecule has 0 spiro atoms. The molecule has 5 nitrogen and oxygen atoms in total. The van der Waals surface area contributed by atoms with Crippen molar-refractivity contribution in [1.29, 1.82) is 0 Å². The third-order valence-corrected chi connectivity index (χ3v) is 1.20. The zero-order valence-electron chi connectivity index (χ0n) is 6.51. The molecule has 0 bridgehead atoms. The minimum absolute atomic E-state index is 0.400. The zero-order chi connectivity index (χ0) is 8.85. The smallest absolute Gasteiger partial charge is 0.407 e. The number of rotatable bonds is 3. The summed E-state index contributed by atoms with van der Waals surface area (Å²) in [4.78, 5) is 20.9. The van der Waals surface area contributed by atoms with Crippen molar-refractivity contribution in [2.24, 2.45) is 0 Å². The van der Waals surface area contributed by atoms with Crippen LogP contribution < -0.4 is 11.1 Å². The summed E-state index contributed by atoms with van der Waals surface area (Å²) in [6, 6.07) is -0.748. The monoisotopic (exact) mass is 159 g/mol. The molecule has 0 aliphatic rings. The lowest BCUT2D eigenvalue weighted by molar-refractivity contribution is -0.120. The first kappa shape index (κ1) is 9.74. The largest absolute Gasteiger partial charge is 0.453 e. The summed E-state index contributed by atoms with van der Waals surface area (Å²) in [5, 5.41) is 2.22. The van der Waals surface area contributed by atoms with Crippen LogP contribution >= 0.6 is 0 Å². The van der Waals surface area contributed by atoms with Crippen molar-refractivity contribution in [2.45, 2.75) is 19.4 Å². The molecule has 0 aromatic carbocycles. The minimum Gasteiger partial charge on any atom is -0.453 e. The summed E-state index contributed by atoms with van der Waals surface area (Å²) in [5.74, 6) is -0.807. The number of alkyl carbamates (subject to hydrolysis) is 1. The van der Waals surface area contributed by atoms with E-state index in [2.05, 4.69) is 10.1 Å². The van der Waals surface area contributed by atoms with Gasteiger partial charge in [-0.05, 0) is 6.42 Å². The molecule has 0 rings (SSSR count). The van der Waals surface area contributed by atoms with Gasteiger partial charge in [0.05, 0.1) is 7.11 Å². The molecule has 2 amide bonds. The molecule has 0 aromatic heterocycles.